The molecule has 0 aliphatic carbocycles. The maximum atomic E-state index is 13.0. The van der Waals surface area contributed by atoms with Gasteiger partial charge in [0.25, 0.3) is 0 Å². The molecule has 2 aromatic carbocycles. The van der Waals surface area contributed by atoms with Crippen molar-refractivity contribution < 1.29 is 22.7 Å². The van der Waals surface area contributed by atoms with Gasteiger partial charge >= 0.3 is 6.18 Å². The number of methoxy groups -OCH3 is 1. The highest BCUT2D eigenvalue weighted by Gasteiger charge is 2.30. The minimum Gasteiger partial charge on any atom is -0.497 e. The Balaban J connectivity index is 1.72. The Morgan fingerprint density at radius 1 is 1.14 bits per heavy atom. The zero-order valence-electron chi connectivity index (χ0n) is 16.0. The third-order valence-corrected chi connectivity index (χ3v) is 4.32. The molecule has 8 heteroatoms. The quantitative estimate of drug-likeness (QED) is 0.645. The molecule has 0 aliphatic heterocycles. The molecule has 3 rings (SSSR count). The van der Waals surface area contributed by atoms with Gasteiger partial charge in [-0.15, -0.1) is 0 Å². The zero-order chi connectivity index (χ0) is 21.0. The number of nitrogens with one attached hydrogen (secondary N) is 1. The van der Waals surface area contributed by atoms with Gasteiger partial charge in [-0.3, -0.25) is 4.79 Å². The summed E-state index contributed by atoms with van der Waals surface area (Å²) in [5.74, 6) is 0.800. The van der Waals surface area contributed by atoms with Gasteiger partial charge in [-0.05, 0) is 49.2 Å². The van der Waals surface area contributed by atoms with E-state index >= 15 is 0 Å². The summed E-state index contributed by atoms with van der Waals surface area (Å²) in [5, 5.41) is 6.95. The lowest BCUT2D eigenvalue weighted by Crippen LogP contribution is -2.16. The summed E-state index contributed by atoms with van der Waals surface area (Å²) in [6.45, 7) is 1.71. The van der Waals surface area contributed by atoms with Crippen molar-refractivity contribution >= 4 is 11.7 Å². The molecule has 0 atom stereocenters. The molecule has 0 unspecified atom stereocenters. The number of amides is 1. The van der Waals surface area contributed by atoms with Crippen LogP contribution in [0.1, 0.15) is 23.2 Å². The van der Waals surface area contributed by atoms with Gasteiger partial charge in [0.05, 0.1) is 24.1 Å². The Labute approximate surface area is 166 Å². The van der Waals surface area contributed by atoms with E-state index in [1.807, 2.05) is 24.3 Å². The number of aromatic nitrogens is 2. The number of aryl methyl sites for hydroxylation is 2. The van der Waals surface area contributed by atoms with Crippen LogP contribution in [0.25, 0.3) is 5.69 Å². The zero-order valence-corrected chi connectivity index (χ0v) is 16.0. The Morgan fingerprint density at radius 2 is 1.86 bits per heavy atom. The van der Waals surface area contributed by atoms with E-state index in [9.17, 15) is 18.0 Å². The SMILES string of the molecule is COc1ccc(CCC(=O)Nc2cc(C)nn2-c2cccc(C(F)(F)F)c2)cc1. The second-order valence-corrected chi connectivity index (χ2v) is 6.53. The van der Waals surface area contributed by atoms with Gasteiger partial charge in [0.15, 0.2) is 0 Å². The molecule has 0 fully saturated rings. The molecule has 29 heavy (non-hydrogen) atoms. The number of nitrogens with zero attached hydrogens (tertiary/aromatic N) is 2. The van der Waals surface area contributed by atoms with Crippen molar-refractivity contribution in [3.63, 3.8) is 0 Å². The lowest BCUT2D eigenvalue weighted by atomic mass is 10.1. The number of anilines is 1. The number of carbonyl (C=O) groups is 1. The van der Waals surface area contributed by atoms with E-state index in [2.05, 4.69) is 10.4 Å². The molecule has 152 valence electrons. The number of hydrogen-bond acceptors (Lipinski definition) is 3. The molecule has 3 aromatic rings. The summed E-state index contributed by atoms with van der Waals surface area (Å²) < 4.78 is 45.4. The second kappa shape index (κ2) is 8.38. The van der Waals surface area contributed by atoms with Gasteiger partial charge in [0, 0.05) is 12.5 Å². The van der Waals surface area contributed by atoms with Crippen LogP contribution in [0.3, 0.4) is 0 Å². The molecule has 1 heterocycles. The molecule has 0 radical (unpaired) electrons. The van der Waals surface area contributed by atoms with Crippen LogP contribution >= 0.6 is 0 Å². The molecule has 1 aromatic heterocycles. The average molecular weight is 403 g/mol. The van der Waals surface area contributed by atoms with Crippen LogP contribution in [-0.2, 0) is 17.4 Å². The first kappa shape index (κ1) is 20.4. The molecule has 1 N–H and O–H groups in total. The summed E-state index contributed by atoms with van der Waals surface area (Å²) in [6, 6.07) is 13.8. The van der Waals surface area contributed by atoms with Crippen LogP contribution in [0.15, 0.2) is 54.6 Å². The Bertz CT molecular complexity index is 995. The van der Waals surface area contributed by atoms with Crippen LogP contribution in [-0.4, -0.2) is 22.8 Å². The van der Waals surface area contributed by atoms with Crippen LogP contribution in [0.2, 0.25) is 0 Å². The number of hydrogen-bond donors (Lipinski definition) is 1. The smallest absolute Gasteiger partial charge is 0.416 e. The maximum absolute atomic E-state index is 13.0. The molecule has 1 amide bonds. The van der Waals surface area contributed by atoms with Crippen molar-refractivity contribution in [1.82, 2.24) is 9.78 Å². The standard InChI is InChI=1S/C21H20F3N3O2/c1-14-12-19(25-20(28)11-8-15-6-9-18(29-2)10-7-15)27(26-14)17-5-3-4-16(13-17)21(22,23)24/h3-7,9-10,12-13H,8,11H2,1-2H3,(H,25,28). The van der Waals surface area contributed by atoms with Crippen molar-refractivity contribution in [2.24, 2.45) is 0 Å². The van der Waals surface area contributed by atoms with E-state index in [4.69, 9.17) is 4.74 Å². The third-order valence-electron chi connectivity index (χ3n) is 4.32. The number of benzene rings is 2. The van der Waals surface area contributed by atoms with Gasteiger partial charge in [-0.1, -0.05) is 18.2 Å². The largest absolute Gasteiger partial charge is 0.497 e. The molecule has 0 saturated heterocycles. The summed E-state index contributed by atoms with van der Waals surface area (Å²) in [4.78, 5) is 12.4. The first-order chi connectivity index (χ1) is 13.8. The molecule has 0 aliphatic rings. The van der Waals surface area contributed by atoms with Crippen molar-refractivity contribution in [3.05, 3.63) is 71.4 Å². The van der Waals surface area contributed by atoms with E-state index < -0.39 is 11.7 Å². The minimum absolute atomic E-state index is 0.221. The van der Waals surface area contributed by atoms with Crippen molar-refractivity contribution in [2.45, 2.75) is 25.9 Å². The topological polar surface area (TPSA) is 56.1 Å². The highest BCUT2D eigenvalue weighted by molar-refractivity contribution is 5.90. The van der Waals surface area contributed by atoms with E-state index in [0.29, 0.717) is 17.9 Å². The Kier molecular flexibility index (Phi) is 5.91. The molecular formula is C21H20F3N3O2. The highest BCUT2D eigenvalue weighted by Crippen LogP contribution is 2.31. The lowest BCUT2D eigenvalue weighted by Gasteiger charge is -2.12. The fraction of sp³-hybridized carbons (Fsp3) is 0.238. The summed E-state index contributed by atoms with van der Waals surface area (Å²) in [5.41, 5.74) is 0.995. The van der Waals surface area contributed by atoms with Gasteiger partial charge in [-0.2, -0.15) is 18.3 Å². The van der Waals surface area contributed by atoms with Gasteiger partial charge in [-0.25, -0.2) is 4.68 Å². The van der Waals surface area contributed by atoms with E-state index in [1.165, 1.54) is 16.8 Å². The number of halogens is 3. The van der Waals surface area contributed by atoms with E-state index in [0.717, 1.165) is 23.4 Å². The van der Waals surface area contributed by atoms with Gasteiger partial charge in [0.2, 0.25) is 5.91 Å². The first-order valence-electron chi connectivity index (χ1n) is 8.93. The van der Waals surface area contributed by atoms with Gasteiger partial charge < -0.3 is 10.1 Å². The van der Waals surface area contributed by atoms with Crippen LogP contribution in [0.5, 0.6) is 5.75 Å². The summed E-state index contributed by atoms with van der Waals surface area (Å²) in [7, 11) is 1.58. The van der Waals surface area contributed by atoms with E-state index in [1.54, 1.807) is 20.1 Å². The minimum atomic E-state index is -4.46. The number of alkyl halides is 3. The summed E-state index contributed by atoms with van der Waals surface area (Å²) in [6.07, 6.45) is -3.72. The first-order valence-corrected chi connectivity index (χ1v) is 8.93. The number of rotatable bonds is 6. The molecule has 0 bridgehead atoms. The van der Waals surface area contributed by atoms with Crippen LogP contribution in [0, 0.1) is 6.92 Å². The third kappa shape index (κ3) is 5.16. The van der Waals surface area contributed by atoms with Crippen LogP contribution < -0.4 is 10.1 Å². The van der Waals surface area contributed by atoms with Gasteiger partial charge in [0.1, 0.15) is 11.6 Å². The Morgan fingerprint density at radius 3 is 2.52 bits per heavy atom. The second-order valence-electron chi connectivity index (χ2n) is 6.53. The maximum Gasteiger partial charge on any atom is 0.416 e. The fourth-order valence-electron chi connectivity index (χ4n) is 2.85. The molecular weight excluding hydrogens is 383 g/mol. The lowest BCUT2D eigenvalue weighted by molar-refractivity contribution is -0.137. The Hall–Kier alpha value is -3.29. The average Bonchev–Trinajstić information content (AvgIpc) is 3.06. The van der Waals surface area contributed by atoms with Crippen molar-refractivity contribution in [2.75, 3.05) is 12.4 Å². The molecule has 0 spiro atoms. The highest BCUT2D eigenvalue weighted by atomic mass is 19.4. The monoisotopic (exact) mass is 403 g/mol. The number of carbonyl (C=O) groups excluding carboxylic acids is 1. The van der Waals surface area contributed by atoms with Crippen molar-refractivity contribution in [1.29, 1.82) is 0 Å². The predicted molar refractivity (Wildman–Crippen MR) is 103 cm³/mol. The van der Waals surface area contributed by atoms with Crippen LogP contribution in [0.4, 0.5) is 19.0 Å². The van der Waals surface area contributed by atoms with Crippen molar-refractivity contribution in [3.8, 4) is 11.4 Å². The fourth-order valence-corrected chi connectivity index (χ4v) is 2.85. The molecule has 5 nitrogen and oxygen atoms in total. The predicted octanol–water partition coefficient (Wildman–Crippen LogP) is 4.78. The summed E-state index contributed by atoms with van der Waals surface area (Å²) >= 11 is 0. The number of ether oxygens (including phenoxy) is 1. The van der Waals surface area contributed by atoms with E-state index in [-0.39, 0.29) is 18.0 Å². The molecule has 0 saturated carbocycles. The normalized spacial score (nSPS) is 11.3.